The van der Waals surface area contributed by atoms with E-state index in [1.807, 2.05) is 17.4 Å². The number of anilines is 1. The van der Waals surface area contributed by atoms with Crippen molar-refractivity contribution in [3.63, 3.8) is 0 Å². The van der Waals surface area contributed by atoms with Crippen molar-refractivity contribution in [2.24, 2.45) is 0 Å². The Hall–Kier alpha value is -2.86. The lowest BCUT2D eigenvalue weighted by molar-refractivity contribution is -0.659. The number of aromatic nitrogens is 1. The smallest absolute Gasteiger partial charge is 0.263 e. The summed E-state index contributed by atoms with van der Waals surface area (Å²) in [5, 5.41) is 11.9. The third kappa shape index (κ3) is 4.17. The van der Waals surface area contributed by atoms with Gasteiger partial charge in [0.25, 0.3) is 5.01 Å². The molecule has 3 nitrogen and oxygen atoms in total. The molecule has 0 atom stereocenters. The van der Waals surface area contributed by atoms with Gasteiger partial charge < -0.3 is 10.0 Å². The average Bonchev–Trinajstić information content (AvgIpc) is 3.33. The summed E-state index contributed by atoms with van der Waals surface area (Å²) in [7, 11) is 0. The van der Waals surface area contributed by atoms with Crippen LogP contribution in [0.4, 0.5) is 5.69 Å². The number of hydrogen-bond donors (Lipinski definition) is 1. The molecule has 0 aliphatic carbocycles. The highest BCUT2D eigenvalue weighted by molar-refractivity contribution is 8.03. The Bertz CT molecular complexity index is 1260. The monoisotopic (exact) mass is 443 g/mol. The third-order valence-electron chi connectivity index (χ3n) is 5.26. The zero-order valence-electron chi connectivity index (χ0n) is 17.0. The van der Waals surface area contributed by atoms with Crippen molar-refractivity contribution in [3.8, 4) is 0 Å². The molecule has 3 aromatic carbocycles. The molecule has 0 unspecified atom stereocenters. The SMILES string of the molecule is OCCN1/C(=C\C=C\c2sc3ccccc3[n+]2Cc2ccccc2)Sc2ccccc21. The van der Waals surface area contributed by atoms with E-state index in [1.165, 1.54) is 31.4 Å². The van der Waals surface area contributed by atoms with Crippen molar-refractivity contribution < 1.29 is 9.67 Å². The number of allylic oxidation sites excluding steroid dienone is 2. The van der Waals surface area contributed by atoms with Crippen molar-refractivity contribution in [2.75, 3.05) is 18.1 Å². The number of thiazole rings is 1. The van der Waals surface area contributed by atoms with Crippen molar-refractivity contribution in [3.05, 3.63) is 107 Å². The molecule has 0 bridgehead atoms. The maximum atomic E-state index is 9.53. The Labute approximate surface area is 190 Å². The normalized spacial score (nSPS) is 14.7. The first-order valence-corrected chi connectivity index (χ1v) is 12.0. The number of thioether (sulfide) groups is 1. The highest BCUT2D eigenvalue weighted by atomic mass is 32.2. The number of aliphatic hydroxyl groups is 1. The molecule has 1 aromatic heterocycles. The fraction of sp³-hybridized carbons (Fsp3) is 0.115. The van der Waals surface area contributed by atoms with Gasteiger partial charge in [-0.2, -0.15) is 4.57 Å². The molecule has 154 valence electrons. The molecule has 0 amide bonds. The lowest BCUT2D eigenvalue weighted by atomic mass is 10.2. The van der Waals surface area contributed by atoms with Crippen LogP contribution in [-0.2, 0) is 6.54 Å². The number of benzene rings is 3. The van der Waals surface area contributed by atoms with Crippen LogP contribution in [-0.4, -0.2) is 18.3 Å². The Morgan fingerprint density at radius 2 is 1.68 bits per heavy atom. The van der Waals surface area contributed by atoms with Gasteiger partial charge in [0.05, 0.1) is 17.3 Å². The summed E-state index contributed by atoms with van der Waals surface area (Å²) in [6.07, 6.45) is 6.48. The molecule has 31 heavy (non-hydrogen) atoms. The minimum absolute atomic E-state index is 0.128. The number of rotatable bonds is 6. The van der Waals surface area contributed by atoms with E-state index in [1.54, 1.807) is 11.8 Å². The second kappa shape index (κ2) is 9.10. The quantitative estimate of drug-likeness (QED) is 0.388. The van der Waals surface area contributed by atoms with Crippen LogP contribution in [0.2, 0.25) is 0 Å². The molecule has 0 saturated heterocycles. The van der Waals surface area contributed by atoms with Gasteiger partial charge in [0.1, 0.15) is 4.70 Å². The molecule has 1 aliphatic heterocycles. The lowest BCUT2D eigenvalue weighted by Crippen LogP contribution is -2.35. The first kappa shape index (κ1) is 20.1. The van der Waals surface area contributed by atoms with E-state index in [-0.39, 0.29) is 6.61 Å². The Morgan fingerprint density at radius 1 is 0.903 bits per heavy atom. The van der Waals surface area contributed by atoms with E-state index in [9.17, 15) is 5.11 Å². The van der Waals surface area contributed by atoms with E-state index in [0.717, 1.165) is 11.6 Å². The van der Waals surface area contributed by atoms with Gasteiger partial charge in [-0.05, 0) is 24.3 Å². The number of β-amino-alcohol motifs (C(OH)–C–C–N with tert-alkyl or cyclic N) is 1. The van der Waals surface area contributed by atoms with Gasteiger partial charge in [0.2, 0.25) is 5.52 Å². The van der Waals surface area contributed by atoms with E-state index in [2.05, 4.69) is 100 Å². The number of aliphatic hydroxyl groups excluding tert-OH is 1. The van der Waals surface area contributed by atoms with Crippen LogP contribution in [0.5, 0.6) is 0 Å². The first-order valence-electron chi connectivity index (χ1n) is 10.3. The van der Waals surface area contributed by atoms with Crippen LogP contribution < -0.4 is 9.47 Å². The first-order chi connectivity index (χ1) is 15.3. The second-order valence-corrected chi connectivity index (χ2v) is 9.41. The topological polar surface area (TPSA) is 27.3 Å². The zero-order valence-corrected chi connectivity index (χ0v) is 18.7. The standard InChI is InChI=1S/C26H23N2OS2/c29-18-17-27-21-11-4-6-13-23(21)30-25(27)15-8-16-26-28(19-20-9-2-1-3-10-20)22-12-5-7-14-24(22)31-26/h1-16,29H,17-19H2/q+1. The number of fused-ring (bicyclic) bond motifs is 2. The largest absolute Gasteiger partial charge is 0.395 e. The number of para-hydroxylation sites is 2. The summed E-state index contributed by atoms with van der Waals surface area (Å²) in [4.78, 5) is 3.42. The van der Waals surface area contributed by atoms with E-state index in [4.69, 9.17) is 0 Å². The predicted molar refractivity (Wildman–Crippen MR) is 131 cm³/mol. The van der Waals surface area contributed by atoms with Crippen molar-refractivity contribution in [1.82, 2.24) is 0 Å². The predicted octanol–water partition coefficient (Wildman–Crippen LogP) is 5.70. The molecule has 0 spiro atoms. The molecular weight excluding hydrogens is 420 g/mol. The molecule has 4 aromatic rings. The van der Waals surface area contributed by atoms with Gasteiger partial charge in [-0.1, -0.05) is 83.8 Å². The zero-order chi connectivity index (χ0) is 21.0. The summed E-state index contributed by atoms with van der Waals surface area (Å²) >= 11 is 3.56. The van der Waals surface area contributed by atoms with Gasteiger partial charge in [-0.25, -0.2) is 0 Å². The van der Waals surface area contributed by atoms with Gasteiger partial charge in [0, 0.05) is 29.1 Å². The van der Waals surface area contributed by atoms with Crippen LogP contribution >= 0.6 is 23.1 Å². The summed E-state index contributed by atoms with van der Waals surface area (Å²) in [5.41, 5.74) is 3.72. The Kier molecular flexibility index (Phi) is 5.89. The van der Waals surface area contributed by atoms with Gasteiger partial charge >= 0.3 is 0 Å². The van der Waals surface area contributed by atoms with Gasteiger partial charge in [-0.15, -0.1) is 0 Å². The Balaban J connectivity index is 1.47. The minimum atomic E-state index is 0.128. The van der Waals surface area contributed by atoms with Crippen molar-refractivity contribution in [1.29, 1.82) is 0 Å². The van der Waals surface area contributed by atoms with Crippen LogP contribution in [0.15, 0.2) is 101 Å². The highest BCUT2D eigenvalue weighted by Crippen LogP contribution is 2.45. The van der Waals surface area contributed by atoms with Crippen molar-refractivity contribution in [2.45, 2.75) is 11.4 Å². The molecule has 1 aliphatic rings. The van der Waals surface area contributed by atoms with Crippen LogP contribution in [0.25, 0.3) is 16.3 Å². The molecule has 2 heterocycles. The molecule has 0 fully saturated rings. The molecule has 0 saturated carbocycles. The van der Waals surface area contributed by atoms with Crippen LogP contribution in [0.3, 0.4) is 0 Å². The summed E-state index contributed by atoms with van der Waals surface area (Å²) in [5.74, 6) is 0. The Morgan fingerprint density at radius 3 is 2.55 bits per heavy atom. The summed E-state index contributed by atoms with van der Waals surface area (Å²) in [6.45, 7) is 1.57. The lowest BCUT2D eigenvalue weighted by Gasteiger charge is -2.18. The van der Waals surface area contributed by atoms with Crippen LogP contribution in [0.1, 0.15) is 10.6 Å². The molecule has 5 rings (SSSR count). The molecule has 0 radical (unpaired) electrons. The van der Waals surface area contributed by atoms with Gasteiger partial charge in [0.15, 0.2) is 6.54 Å². The van der Waals surface area contributed by atoms with E-state index < -0.39 is 0 Å². The number of hydrogen-bond acceptors (Lipinski definition) is 4. The fourth-order valence-electron chi connectivity index (χ4n) is 3.83. The average molecular weight is 444 g/mol. The second-order valence-electron chi connectivity index (χ2n) is 7.29. The molecular formula is C26H23N2OS2+. The molecule has 1 N–H and O–H groups in total. The minimum Gasteiger partial charge on any atom is -0.395 e. The van der Waals surface area contributed by atoms with E-state index in [0.29, 0.717) is 6.54 Å². The maximum absolute atomic E-state index is 9.53. The van der Waals surface area contributed by atoms with Crippen LogP contribution in [0, 0.1) is 0 Å². The summed E-state index contributed by atoms with van der Waals surface area (Å²) < 4.78 is 3.67. The third-order valence-corrected chi connectivity index (χ3v) is 7.52. The van der Waals surface area contributed by atoms with Crippen molar-refractivity contribution >= 4 is 45.1 Å². The molecule has 5 heteroatoms. The summed E-state index contributed by atoms with van der Waals surface area (Å²) in [6, 6.07) is 27.5. The highest BCUT2D eigenvalue weighted by Gasteiger charge is 2.24. The fourth-order valence-corrected chi connectivity index (χ4v) is 6.00. The number of nitrogens with zero attached hydrogens (tertiary/aromatic N) is 2. The maximum Gasteiger partial charge on any atom is 0.263 e. The van der Waals surface area contributed by atoms with E-state index >= 15 is 0 Å². The van der Waals surface area contributed by atoms with Gasteiger partial charge in [-0.3, -0.25) is 0 Å².